The van der Waals surface area contributed by atoms with E-state index in [0.717, 1.165) is 43.6 Å². The number of hydrogen-bond donors (Lipinski definition) is 1. The number of nitrogens with zero attached hydrogens (tertiary/aromatic N) is 2. The van der Waals surface area contributed by atoms with Gasteiger partial charge in [0, 0.05) is 19.5 Å². The quantitative estimate of drug-likeness (QED) is 0.881. The Hall–Kier alpha value is -1.69. The second kappa shape index (κ2) is 5.60. The van der Waals surface area contributed by atoms with Crippen LogP contribution in [0.4, 0.5) is 0 Å². The number of unbranched alkanes of at least 4 members (excludes halogenated alkanes) is 1. The summed E-state index contributed by atoms with van der Waals surface area (Å²) < 4.78 is 1.75. The molecule has 0 spiro atoms. The highest BCUT2D eigenvalue weighted by Crippen LogP contribution is 2.28. The highest BCUT2D eigenvalue weighted by Gasteiger charge is 2.22. The molecule has 0 radical (unpaired) electrons. The van der Waals surface area contributed by atoms with Crippen LogP contribution in [0.5, 0.6) is 0 Å². The van der Waals surface area contributed by atoms with Crippen molar-refractivity contribution in [2.45, 2.75) is 46.1 Å². The first-order chi connectivity index (χ1) is 10.1. The molecular formula is C15H19N3O2S. The Morgan fingerprint density at radius 1 is 1.48 bits per heavy atom. The SMILES string of the molecule is CCCCNC(=O)c1sc2nc3n(c(=O)c2c1C)CCC3. The van der Waals surface area contributed by atoms with Crippen LogP contribution in [-0.4, -0.2) is 22.0 Å². The van der Waals surface area contributed by atoms with Gasteiger partial charge in [-0.1, -0.05) is 13.3 Å². The molecule has 1 amide bonds. The minimum atomic E-state index is -0.0893. The molecular weight excluding hydrogens is 286 g/mol. The summed E-state index contributed by atoms with van der Waals surface area (Å²) in [6.45, 7) is 5.35. The van der Waals surface area contributed by atoms with E-state index in [0.29, 0.717) is 21.6 Å². The lowest BCUT2D eigenvalue weighted by Gasteiger charge is -2.03. The number of aryl methyl sites for hydroxylation is 2. The van der Waals surface area contributed by atoms with Crippen LogP contribution in [0.2, 0.25) is 0 Å². The lowest BCUT2D eigenvalue weighted by Crippen LogP contribution is -2.24. The molecule has 2 aromatic rings. The zero-order chi connectivity index (χ0) is 15.0. The third-order valence-electron chi connectivity index (χ3n) is 3.93. The molecule has 0 aliphatic carbocycles. The smallest absolute Gasteiger partial charge is 0.262 e. The summed E-state index contributed by atoms with van der Waals surface area (Å²) in [4.78, 5) is 30.7. The lowest BCUT2D eigenvalue weighted by atomic mass is 10.2. The molecule has 6 heteroatoms. The maximum Gasteiger partial charge on any atom is 0.262 e. The van der Waals surface area contributed by atoms with E-state index >= 15 is 0 Å². The van der Waals surface area contributed by atoms with E-state index in [1.165, 1.54) is 11.3 Å². The Morgan fingerprint density at radius 3 is 3.05 bits per heavy atom. The topological polar surface area (TPSA) is 64.0 Å². The predicted octanol–water partition coefficient (Wildman–Crippen LogP) is 2.24. The normalized spacial score (nSPS) is 13.6. The Morgan fingerprint density at radius 2 is 2.29 bits per heavy atom. The average Bonchev–Trinajstić information content (AvgIpc) is 3.04. The lowest BCUT2D eigenvalue weighted by molar-refractivity contribution is 0.0957. The van der Waals surface area contributed by atoms with Crippen molar-refractivity contribution < 1.29 is 4.79 Å². The summed E-state index contributed by atoms with van der Waals surface area (Å²) in [6, 6.07) is 0. The first kappa shape index (κ1) is 14.3. The van der Waals surface area contributed by atoms with Gasteiger partial charge >= 0.3 is 0 Å². The zero-order valence-corrected chi connectivity index (χ0v) is 13.2. The number of carbonyl (C=O) groups excluding carboxylic acids is 1. The zero-order valence-electron chi connectivity index (χ0n) is 12.4. The summed E-state index contributed by atoms with van der Waals surface area (Å²) in [5, 5.41) is 3.53. The minimum Gasteiger partial charge on any atom is -0.351 e. The molecule has 0 saturated carbocycles. The van der Waals surface area contributed by atoms with Crippen LogP contribution in [0, 0.1) is 6.92 Å². The molecule has 21 heavy (non-hydrogen) atoms. The molecule has 2 aromatic heterocycles. The summed E-state index contributed by atoms with van der Waals surface area (Å²) in [5.41, 5.74) is 0.776. The predicted molar refractivity (Wildman–Crippen MR) is 84.2 cm³/mol. The van der Waals surface area contributed by atoms with Gasteiger partial charge in [0.25, 0.3) is 11.5 Å². The van der Waals surface area contributed by atoms with E-state index in [4.69, 9.17) is 0 Å². The van der Waals surface area contributed by atoms with E-state index in [1.54, 1.807) is 4.57 Å². The molecule has 0 atom stereocenters. The van der Waals surface area contributed by atoms with Crippen LogP contribution in [0.25, 0.3) is 10.2 Å². The van der Waals surface area contributed by atoms with Gasteiger partial charge in [-0.3, -0.25) is 14.2 Å². The molecule has 112 valence electrons. The van der Waals surface area contributed by atoms with Crippen LogP contribution in [-0.2, 0) is 13.0 Å². The standard InChI is InChI=1S/C15H19N3O2S/c1-3-4-7-16-13(19)12-9(2)11-14(21-12)17-10-6-5-8-18(10)15(11)20/h3-8H2,1-2H3,(H,16,19). The van der Waals surface area contributed by atoms with Crippen molar-refractivity contribution in [3.8, 4) is 0 Å². The Bertz CT molecular complexity index is 760. The minimum absolute atomic E-state index is 0.00820. The summed E-state index contributed by atoms with van der Waals surface area (Å²) in [7, 11) is 0. The van der Waals surface area contributed by atoms with E-state index < -0.39 is 0 Å². The Kier molecular flexibility index (Phi) is 3.80. The second-order valence-corrected chi connectivity index (χ2v) is 6.43. The average molecular weight is 305 g/mol. The third-order valence-corrected chi connectivity index (χ3v) is 5.12. The number of rotatable bonds is 4. The molecule has 0 unspecified atom stereocenters. The van der Waals surface area contributed by atoms with Crippen LogP contribution in [0.3, 0.4) is 0 Å². The summed E-state index contributed by atoms with van der Waals surface area (Å²) >= 11 is 1.33. The van der Waals surface area contributed by atoms with Gasteiger partial charge in [0.1, 0.15) is 10.7 Å². The molecule has 0 fully saturated rings. The van der Waals surface area contributed by atoms with Gasteiger partial charge in [-0.25, -0.2) is 4.98 Å². The molecule has 1 aliphatic heterocycles. The fraction of sp³-hybridized carbons (Fsp3) is 0.533. The van der Waals surface area contributed by atoms with Gasteiger partial charge in [-0.05, 0) is 25.3 Å². The third kappa shape index (κ3) is 2.37. The van der Waals surface area contributed by atoms with Gasteiger partial charge in [0.05, 0.1) is 10.3 Å². The van der Waals surface area contributed by atoms with Crippen molar-refractivity contribution >= 4 is 27.5 Å². The highest BCUT2D eigenvalue weighted by molar-refractivity contribution is 7.20. The van der Waals surface area contributed by atoms with E-state index in [2.05, 4.69) is 17.2 Å². The van der Waals surface area contributed by atoms with Crippen molar-refractivity contribution in [2.24, 2.45) is 0 Å². The molecule has 5 nitrogen and oxygen atoms in total. The fourth-order valence-electron chi connectivity index (χ4n) is 2.75. The van der Waals surface area contributed by atoms with E-state index in [1.807, 2.05) is 6.92 Å². The van der Waals surface area contributed by atoms with Gasteiger partial charge in [-0.2, -0.15) is 0 Å². The number of thiophene rings is 1. The van der Waals surface area contributed by atoms with Crippen molar-refractivity contribution in [1.29, 1.82) is 0 Å². The highest BCUT2D eigenvalue weighted by atomic mass is 32.1. The molecule has 3 rings (SSSR count). The van der Waals surface area contributed by atoms with E-state index in [-0.39, 0.29) is 11.5 Å². The number of amides is 1. The fourth-order valence-corrected chi connectivity index (χ4v) is 3.86. The van der Waals surface area contributed by atoms with Crippen molar-refractivity contribution in [3.63, 3.8) is 0 Å². The monoisotopic (exact) mass is 305 g/mol. The largest absolute Gasteiger partial charge is 0.351 e. The van der Waals surface area contributed by atoms with Gasteiger partial charge in [-0.15, -0.1) is 11.3 Å². The number of fused-ring (bicyclic) bond motifs is 2. The van der Waals surface area contributed by atoms with Crippen LogP contribution in [0.15, 0.2) is 4.79 Å². The Balaban J connectivity index is 2.03. The number of aromatic nitrogens is 2. The first-order valence-electron chi connectivity index (χ1n) is 7.44. The first-order valence-corrected chi connectivity index (χ1v) is 8.26. The molecule has 0 saturated heterocycles. The summed E-state index contributed by atoms with van der Waals surface area (Å²) in [6.07, 6.45) is 3.83. The van der Waals surface area contributed by atoms with E-state index in [9.17, 15) is 9.59 Å². The molecule has 1 aliphatic rings. The molecule has 1 N–H and O–H groups in total. The Labute approximate surface area is 127 Å². The van der Waals surface area contributed by atoms with Crippen LogP contribution in [0.1, 0.15) is 47.2 Å². The molecule has 0 aromatic carbocycles. The molecule has 3 heterocycles. The van der Waals surface area contributed by atoms with Crippen molar-refractivity contribution in [3.05, 3.63) is 26.6 Å². The number of carbonyl (C=O) groups is 1. The van der Waals surface area contributed by atoms with Crippen LogP contribution >= 0.6 is 11.3 Å². The second-order valence-electron chi connectivity index (χ2n) is 5.43. The van der Waals surface area contributed by atoms with Crippen molar-refractivity contribution in [1.82, 2.24) is 14.9 Å². The summed E-state index contributed by atoms with van der Waals surface area (Å²) in [5.74, 6) is 0.764. The number of nitrogens with one attached hydrogen (secondary N) is 1. The van der Waals surface area contributed by atoms with Gasteiger partial charge in [0.15, 0.2) is 0 Å². The van der Waals surface area contributed by atoms with Gasteiger partial charge < -0.3 is 5.32 Å². The van der Waals surface area contributed by atoms with Crippen LogP contribution < -0.4 is 10.9 Å². The van der Waals surface area contributed by atoms with Crippen molar-refractivity contribution in [2.75, 3.05) is 6.54 Å². The number of hydrogen-bond acceptors (Lipinski definition) is 4. The maximum atomic E-state index is 12.5. The molecule has 0 bridgehead atoms. The maximum absolute atomic E-state index is 12.5. The van der Waals surface area contributed by atoms with Gasteiger partial charge in [0.2, 0.25) is 0 Å².